The highest BCUT2D eigenvalue weighted by molar-refractivity contribution is 7.99. The first-order valence-corrected chi connectivity index (χ1v) is 9.59. The fraction of sp³-hybridized carbons (Fsp3) is 0.222. The predicted octanol–water partition coefficient (Wildman–Crippen LogP) is 4.73. The van der Waals surface area contributed by atoms with Gasteiger partial charge in [0.1, 0.15) is 5.75 Å². The van der Waals surface area contributed by atoms with Crippen LogP contribution in [0.3, 0.4) is 0 Å². The molecule has 0 aliphatic rings. The lowest BCUT2D eigenvalue weighted by molar-refractivity contribution is 0.339. The van der Waals surface area contributed by atoms with Crippen molar-refractivity contribution in [2.75, 3.05) is 12.4 Å². The molecule has 0 saturated heterocycles. The van der Waals surface area contributed by atoms with Crippen molar-refractivity contribution in [1.82, 2.24) is 14.6 Å². The van der Waals surface area contributed by atoms with E-state index in [1.54, 1.807) is 23.1 Å². The summed E-state index contributed by atoms with van der Waals surface area (Å²) >= 11 is 3.35. The van der Waals surface area contributed by atoms with Gasteiger partial charge in [0, 0.05) is 5.75 Å². The first-order valence-electron chi connectivity index (χ1n) is 7.78. The third-order valence-electron chi connectivity index (χ3n) is 3.88. The van der Waals surface area contributed by atoms with Crippen molar-refractivity contribution in [3.63, 3.8) is 0 Å². The van der Waals surface area contributed by atoms with Crippen LogP contribution in [-0.2, 0) is 0 Å². The van der Waals surface area contributed by atoms with Crippen LogP contribution in [0.1, 0.15) is 11.1 Å². The summed E-state index contributed by atoms with van der Waals surface area (Å²) in [6, 6.07) is 14.5. The maximum atomic E-state index is 5.97. The topological polar surface area (TPSA) is 39.4 Å². The molecule has 0 unspecified atom stereocenters. The quantitative estimate of drug-likeness (QED) is 0.383. The number of fused-ring (bicyclic) bond motifs is 3. The monoisotopic (exact) mass is 355 g/mol. The molecule has 2 aromatic heterocycles. The van der Waals surface area contributed by atoms with Gasteiger partial charge in [-0.1, -0.05) is 53.4 Å². The summed E-state index contributed by atoms with van der Waals surface area (Å²) in [6.45, 7) is 4.80. The van der Waals surface area contributed by atoms with Crippen LogP contribution in [-0.4, -0.2) is 27.0 Å². The molecule has 4 rings (SSSR count). The number of aryl methyl sites for hydroxylation is 2. The van der Waals surface area contributed by atoms with Crippen molar-refractivity contribution in [2.24, 2.45) is 0 Å². The minimum Gasteiger partial charge on any atom is -0.492 e. The molecule has 0 radical (unpaired) electrons. The van der Waals surface area contributed by atoms with Gasteiger partial charge in [0.25, 0.3) is 0 Å². The lowest BCUT2D eigenvalue weighted by Crippen LogP contribution is -2.03. The molecule has 2 aromatic carbocycles. The normalized spacial score (nSPS) is 11.4. The van der Waals surface area contributed by atoms with Crippen molar-refractivity contribution < 1.29 is 4.74 Å². The summed E-state index contributed by atoms with van der Waals surface area (Å²) in [4.78, 5) is 0.939. The van der Waals surface area contributed by atoms with Gasteiger partial charge in [0.2, 0.25) is 4.96 Å². The Morgan fingerprint density at radius 2 is 1.83 bits per heavy atom. The fourth-order valence-electron chi connectivity index (χ4n) is 2.75. The zero-order valence-electron chi connectivity index (χ0n) is 13.5. The number of hydrogen-bond acceptors (Lipinski definition) is 5. The Morgan fingerprint density at radius 3 is 2.67 bits per heavy atom. The lowest BCUT2D eigenvalue weighted by atomic mass is 10.1. The van der Waals surface area contributed by atoms with Gasteiger partial charge in [0.05, 0.1) is 16.8 Å². The number of hydrogen-bond donors (Lipinski definition) is 0. The van der Waals surface area contributed by atoms with Crippen LogP contribution in [0.25, 0.3) is 15.2 Å². The van der Waals surface area contributed by atoms with E-state index in [-0.39, 0.29) is 0 Å². The number of para-hydroxylation sites is 2. The van der Waals surface area contributed by atoms with Gasteiger partial charge in [-0.3, -0.25) is 4.40 Å². The molecule has 0 amide bonds. The zero-order valence-corrected chi connectivity index (χ0v) is 15.2. The van der Waals surface area contributed by atoms with E-state index in [1.165, 1.54) is 21.3 Å². The standard InChI is InChI=1S/C18H17N3OS2/c1-12-6-5-7-13(2)16(12)22-10-11-23-17-19-20-18-21(17)14-8-3-4-9-15(14)24-18/h3-9H,10-11H2,1-2H3. The van der Waals surface area contributed by atoms with E-state index in [4.69, 9.17) is 4.74 Å². The molecule has 4 nitrogen and oxygen atoms in total. The molecular formula is C18H17N3OS2. The van der Waals surface area contributed by atoms with Gasteiger partial charge in [-0.05, 0) is 37.1 Å². The molecule has 2 heterocycles. The molecule has 24 heavy (non-hydrogen) atoms. The average Bonchev–Trinajstić information content (AvgIpc) is 3.13. The Balaban J connectivity index is 1.48. The minimum atomic E-state index is 0.646. The van der Waals surface area contributed by atoms with Crippen molar-refractivity contribution in [2.45, 2.75) is 19.0 Å². The van der Waals surface area contributed by atoms with E-state index in [9.17, 15) is 0 Å². The van der Waals surface area contributed by atoms with E-state index in [1.807, 2.05) is 6.07 Å². The molecule has 6 heteroatoms. The van der Waals surface area contributed by atoms with Gasteiger partial charge < -0.3 is 4.74 Å². The molecule has 0 bridgehead atoms. The Morgan fingerprint density at radius 1 is 1.04 bits per heavy atom. The Bertz CT molecular complexity index is 986. The zero-order chi connectivity index (χ0) is 16.5. The van der Waals surface area contributed by atoms with Crippen LogP contribution in [0.2, 0.25) is 0 Å². The number of thiazole rings is 1. The maximum Gasteiger partial charge on any atom is 0.217 e. The van der Waals surface area contributed by atoms with Crippen molar-refractivity contribution >= 4 is 38.3 Å². The first-order chi connectivity index (χ1) is 11.7. The van der Waals surface area contributed by atoms with Gasteiger partial charge >= 0.3 is 0 Å². The second-order valence-corrected chi connectivity index (χ2v) is 7.66. The summed E-state index contributed by atoms with van der Waals surface area (Å²) in [7, 11) is 0. The third kappa shape index (κ3) is 2.76. The summed E-state index contributed by atoms with van der Waals surface area (Å²) in [5.74, 6) is 1.82. The summed E-state index contributed by atoms with van der Waals surface area (Å²) in [6.07, 6.45) is 0. The number of aromatic nitrogens is 3. The SMILES string of the molecule is Cc1cccc(C)c1OCCSc1nnc2sc3ccccc3n12. The summed E-state index contributed by atoms with van der Waals surface area (Å²) < 4.78 is 9.33. The highest BCUT2D eigenvalue weighted by atomic mass is 32.2. The second kappa shape index (κ2) is 6.45. The second-order valence-electron chi connectivity index (χ2n) is 5.59. The number of ether oxygens (including phenoxy) is 1. The van der Waals surface area contributed by atoms with Gasteiger partial charge in [-0.2, -0.15) is 0 Å². The van der Waals surface area contributed by atoms with Crippen molar-refractivity contribution in [3.05, 3.63) is 53.6 Å². The Kier molecular flexibility index (Phi) is 4.16. The molecule has 122 valence electrons. The molecule has 0 fully saturated rings. The molecular weight excluding hydrogens is 338 g/mol. The van der Waals surface area contributed by atoms with Crippen molar-refractivity contribution in [1.29, 1.82) is 0 Å². The van der Waals surface area contributed by atoms with Gasteiger partial charge in [0.15, 0.2) is 5.16 Å². The number of thioether (sulfide) groups is 1. The molecule has 0 N–H and O–H groups in total. The molecule has 0 saturated carbocycles. The third-order valence-corrected chi connectivity index (χ3v) is 5.79. The first kappa shape index (κ1) is 15.5. The van der Waals surface area contributed by atoms with Crippen LogP contribution in [0.4, 0.5) is 0 Å². The van der Waals surface area contributed by atoms with E-state index in [0.29, 0.717) is 6.61 Å². The van der Waals surface area contributed by atoms with Crippen molar-refractivity contribution in [3.8, 4) is 5.75 Å². The van der Waals surface area contributed by atoms with E-state index >= 15 is 0 Å². The number of rotatable bonds is 5. The average molecular weight is 355 g/mol. The van der Waals surface area contributed by atoms with Gasteiger partial charge in [-0.15, -0.1) is 10.2 Å². The Hall–Kier alpha value is -2.05. The molecule has 0 aliphatic carbocycles. The van der Waals surface area contributed by atoms with Crippen LogP contribution in [0.15, 0.2) is 47.6 Å². The summed E-state index contributed by atoms with van der Waals surface area (Å²) in [5.41, 5.74) is 3.52. The molecule has 0 spiro atoms. The van der Waals surface area contributed by atoms with E-state index < -0.39 is 0 Å². The van der Waals surface area contributed by atoms with Crippen LogP contribution >= 0.6 is 23.1 Å². The number of nitrogens with zero attached hydrogens (tertiary/aromatic N) is 3. The Labute approximate surface area is 148 Å². The minimum absolute atomic E-state index is 0.646. The molecule has 0 atom stereocenters. The highest BCUT2D eigenvalue weighted by Gasteiger charge is 2.12. The maximum absolute atomic E-state index is 5.97. The fourth-order valence-corrected chi connectivity index (χ4v) is 4.54. The molecule has 4 aromatic rings. The molecule has 0 aliphatic heterocycles. The van der Waals surface area contributed by atoms with E-state index in [0.717, 1.165) is 21.6 Å². The van der Waals surface area contributed by atoms with Gasteiger partial charge in [-0.25, -0.2) is 0 Å². The van der Waals surface area contributed by atoms with Crippen LogP contribution in [0, 0.1) is 13.8 Å². The highest BCUT2D eigenvalue weighted by Crippen LogP contribution is 2.29. The van der Waals surface area contributed by atoms with Crippen LogP contribution in [0.5, 0.6) is 5.75 Å². The predicted molar refractivity (Wildman–Crippen MR) is 101 cm³/mol. The van der Waals surface area contributed by atoms with Crippen LogP contribution < -0.4 is 4.74 Å². The summed E-state index contributed by atoms with van der Waals surface area (Å²) in [5, 5.41) is 9.53. The lowest BCUT2D eigenvalue weighted by Gasteiger charge is -2.11. The number of benzene rings is 2. The smallest absolute Gasteiger partial charge is 0.217 e. The largest absolute Gasteiger partial charge is 0.492 e. The van der Waals surface area contributed by atoms with E-state index in [2.05, 4.69) is 64.8 Å².